The molecule has 0 aliphatic carbocycles. The third kappa shape index (κ3) is 4.74. The van der Waals surface area contributed by atoms with Crippen molar-refractivity contribution in [3.05, 3.63) is 69.3 Å². The second-order valence-corrected chi connectivity index (χ2v) is 7.34. The fraction of sp³-hybridized carbons (Fsp3) is 0.238. The molecule has 134 valence electrons. The predicted molar refractivity (Wildman–Crippen MR) is 110 cm³/mol. The molecule has 0 bridgehead atoms. The van der Waals surface area contributed by atoms with Gasteiger partial charge in [0, 0.05) is 22.0 Å². The Hall–Kier alpha value is -2.58. The van der Waals surface area contributed by atoms with Crippen LogP contribution in [-0.2, 0) is 4.79 Å². The lowest BCUT2D eigenvalue weighted by atomic mass is 9.98. The molecule has 2 aromatic rings. The van der Waals surface area contributed by atoms with Gasteiger partial charge in [-0.3, -0.25) is 4.79 Å². The summed E-state index contributed by atoms with van der Waals surface area (Å²) in [5.41, 5.74) is 4.66. The average molecular weight is 412 g/mol. The topological polar surface area (TPSA) is 64.9 Å². The monoisotopic (exact) mass is 411 g/mol. The van der Waals surface area contributed by atoms with E-state index in [4.69, 9.17) is 0 Å². The first-order valence-corrected chi connectivity index (χ1v) is 9.16. The lowest BCUT2D eigenvalue weighted by Crippen LogP contribution is -2.17. The molecule has 0 atom stereocenters. The highest BCUT2D eigenvalue weighted by Gasteiger charge is 2.15. The van der Waals surface area contributed by atoms with Crippen LogP contribution in [0.25, 0.3) is 0 Å². The number of rotatable bonds is 5. The van der Waals surface area contributed by atoms with E-state index in [1.807, 2.05) is 56.3 Å². The SMILES string of the molecule is Cc1cc(Br)ccc1N/C=C(/C#N)C(=O)Nc1c(C)cccc1C(C)C. The van der Waals surface area contributed by atoms with Gasteiger partial charge >= 0.3 is 0 Å². The van der Waals surface area contributed by atoms with Gasteiger partial charge in [0.25, 0.3) is 5.91 Å². The Morgan fingerprint density at radius 2 is 1.92 bits per heavy atom. The summed E-state index contributed by atoms with van der Waals surface area (Å²) >= 11 is 3.42. The highest BCUT2D eigenvalue weighted by Crippen LogP contribution is 2.28. The van der Waals surface area contributed by atoms with Gasteiger partial charge in [0.15, 0.2) is 0 Å². The maximum absolute atomic E-state index is 12.6. The first kappa shape index (κ1) is 19.7. The van der Waals surface area contributed by atoms with Crippen molar-refractivity contribution < 1.29 is 4.79 Å². The molecule has 2 N–H and O–H groups in total. The number of hydrogen-bond donors (Lipinski definition) is 2. The van der Waals surface area contributed by atoms with Crippen molar-refractivity contribution in [3.8, 4) is 6.07 Å². The number of benzene rings is 2. The molecule has 0 saturated heterocycles. The van der Waals surface area contributed by atoms with Crippen molar-refractivity contribution >= 4 is 33.2 Å². The van der Waals surface area contributed by atoms with Crippen molar-refractivity contribution in [1.29, 1.82) is 5.26 Å². The number of carbonyl (C=O) groups excluding carboxylic acids is 1. The van der Waals surface area contributed by atoms with Gasteiger partial charge in [-0.05, 0) is 54.7 Å². The lowest BCUT2D eigenvalue weighted by molar-refractivity contribution is -0.112. The van der Waals surface area contributed by atoms with Gasteiger partial charge in [-0.25, -0.2) is 0 Å². The predicted octanol–water partition coefficient (Wildman–Crippen LogP) is 5.65. The Labute approximate surface area is 163 Å². The van der Waals surface area contributed by atoms with E-state index in [9.17, 15) is 10.1 Å². The summed E-state index contributed by atoms with van der Waals surface area (Å²) < 4.78 is 0.976. The van der Waals surface area contributed by atoms with Gasteiger partial charge in [-0.15, -0.1) is 0 Å². The Bertz CT molecular complexity index is 895. The molecule has 2 rings (SSSR count). The number of carbonyl (C=O) groups is 1. The first-order chi connectivity index (χ1) is 12.3. The zero-order valence-corrected chi connectivity index (χ0v) is 16.9. The lowest BCUT2D eigenvalue weighted by Gasteiger charge is -2.16. The van der Waals surface area contributed by atoms with Crippen LogP contribution in [0, 0.1) is 25.2 Å². The molecule has 1 amide bonds. The van der Waals surface area contributed by atoms with Crippen LogP contribution in [0.3, 0.4) is 0 Å². The van der Waals surface area contributed by atoms with Crippen molar-refractivity contribution in [2.45, 2.75) is 33.6 Å². The van der Waals surface area contributed by atoms with E-state index in [0.717, 1.165) is 32.5 Å². The second-order valence-electron chi connectivity index (χ2n) is 6.42. The van der Waals surface area contributed by atoms with E-state index in [1.54, 1.807) is 0 Å². The van der Waals surface area contributed by atoms with Gasteiger partial charge in [0.1, 0.15) is 11.6 Å². The van der Waals surface area contributed by atoms with Gasteiger partial charge in [0.2, 0.25) is 0 Å². The summed E-state index contributed by atoms with van der Waals surface area (Å²) in [6, 6.07) is 13.6. The third-order valence-electron chi connectivity index (χ3n) is 4.09. The minimum Gasteiger partial charge on any atom is -0.360 e. The number of anilines is 2. The minimum absolute atomic E-state index is 0.0188. The smallest absolute Gasteiger partial charge is 0.267 e. The first-order valence-electron chi connectivity index (χ1n) is 8.37. The Balaban J connectivity index is 2.23. The number of nitrogens with one attached hydrogen (secondary N) is 2. The van der Waals surface area contributed by atoms with Crippen LogP contribution in [0.5, 0.6) is 0 Å². The Morgan fingerprint density at radius 1 is 1.19 bits per heavy atom. The molecule has 26 heavy (non-hydrogen) atoms. The molecule has 0 fully saturated rings. The van der Waals surface area contributed by atoms with Gasteiger partial charge in [-0.1, -0.05) is 48.0 Å². The minimum atomic E-state index is -0.425. The molecular formula is C21H22BrN3O. The fourth-order valence-corrected chi connectivity index (χ4v) is 3.09. The van der Waals surface area contributed by atoms with Crippen LogP contribution in [0.4, 0.5) is 11.4 Å². The number of aryl methyl sites for hydroxylation is 2. The highest BCUT2D eigenvalue weighted by molar-refractivity contribution is 9.10. The molecule has 5 heteroatoms. The Morgan fingerprint density at radius 3 is 2.54 bits per heavy atom. The van der Waals surface area contributed by atoms with Crippen LogP contribution >= 0.6 is 15.9 Å². The molecule has 4 nitrogen and oxygen atoms in total. The third-order valence-corrected chi connectivity index (χ3v) is 4.58. The molecule has 2 aromatic carbocycles. The average Bonchev–Trinajstić information content (AvgIpc) is 2.58. The Kier molecular flexibility index (Phi) is 6.59. The largest absolute Gasteiger partial charge is 0.360 e. The number of para-hydroxylation sites is 1. The number of amides is 1. The van der Waals surface area contributed by atoms with Crippen molar-refractivity contribution in [2.24, 2.45) is 0 Å². The standard InChI is InChI=1S/C21H22BrN3O/c1-13(2)18-7-5-6-14(3)20(18)25-21(26)16(11-23)12-24-19-9-8-17(22)10-15(19)4/h5-10,12-13,24H,1-4H3,(H,25,26)/b16-12-. The molecule has 0 heterocycles. The molecule has 0 aliphatic rings. The summed E-state index contributed by atoms with van der Waals surface area (Å²) in [5.74, 6) is -0.158. The quantitative estimate of drug-likeness (QED) is 0.493. The zero-order valence-electron chi connectivity index (χ0n) is 15.4. The van der Waals surface area contributed by atoms with Crippen molar-refractivity contribution in [1.82, 2.24) is 0 Å². The van der Waals surface area contributed by atoms with Crippen LogP contribution in [0.2, 0.25) is 0 Å². The van der Waals surface area contributed by atoms with E-state index in [0.29, 0.717) is 0 Å². The van der Waals surface area contributed by atoms with Crippen molar-refractivity contribution in [2.75, 3.05) is 10.6 Å². The molecular weight excluding hydrogens is 390 g/mol. The maximum Gasteiger partial charge on any atom is 0.267 e. The molecule has 0 radical (unpaired) electrons. The number of nitriles is 1. The van der Waals surface area contributed by atoms with Gasteiger partial charge in [-0.2, -0.15) is 5.26 Å². The van der Waals surface area contributed by atoms with E-state index in [1.165, 1.54) is 6.20 Å². The van der Waals surface area contributed by atoms with Crippen LogP contribution in [0.1, 0.15) is 36.5 Å². The van der Waals surface area contributed by atoms with Crippen LogP contribution in [0.15, 0.2) is 52.6 Å². The van der Waals surface area contributed by atoms with E-state index >= 15 is 0 Å². The maximum atomic E-state index is 12.6. The van der Waals surface area contributed by atoms with Crippen LogP contribution in [-0.4, -0.2) is 5.91 Å². The molecule has 0 aliphatic heterocycles. The highest BCUT2D eigenvalue weighted by atomic mass is 79.9. The number of hydrogen-bond acceptors (Lipinski definition) is 3. The normalized spacial score (nSPS) is 11.2. The van der Waals surface area contributed by atoms with Gasteiger partial charge < -0.3 is 10.6 Å². The molecule has 0 aromatic heterocycles. The van der Waals surface area contributed by atoms with E-state index in [2.05, 4.69) is 40.4 Å². The summed E-state index contributed by atoms with van der Waals surface area (Å²) in [7, 11) is 0. The second kappa shape index (κ2) is 8.68. The fourth-order valence-electron chi connectivity index (χ4n) is 2.61. The summed E-state index contributed by atoms with van der Waals surface area (Å²) in [6.07, 6.45) is 1.44. The summed E-state index contributed by atoms with van der Waals surface area (Å²) in [5, 5.41) is 15.3. The van der Waals surface area contributed by atoms with Crippen molar-refractivity contribution in [3.63, 3.8) is 0 Å². The van der Waals surface area contributed by atoms with Gasteiger partial charge in [0.05, 0.1) is 0 Å². The number of nitrogens with zero attached hydrogens (tertiary/aromatic N) is 1. The van der Waals surface area contributed by atoms with E-state index in [-0.39, 0.29) is 11.5 Å². The molecule has 0 saturated carbocycles. The summed E-state index contributed by atoms with van der Waals surface area (Å²) in [4.78, 5) is 12.6. The van der Waals surface area contributed by atoms with E-state index < -0.39 is 5.91 Å². The molecule has 0 spiro atoms. The molecule has 0 unspecified atom stereocenters. The summed E-state index contributed by atoms with van der Waals surface area (Å²) in [6.45, 7) is 8.04. The zero-order chi connectivity index (χ0) is 19.3. The number of halogens is 1. The van der Waals surface area contributed by atoms with Crippen LogP contribution < -0.4 is 10.6 Å².